The second-order valence-corrected chi connectivity index (χ2v) is 8.58. The minimum absolute atomic E-state index is 0.0462. The van der Waals surface area contributed by atoms with Gasteiger partial charge in [-0.15, -0.1) is 5.06 Å². The van der Waals surface area contributed by atoms with Crippen molar-refractivity contribution in [2.75, 3.05) is 0 Å². The molecule has 1 heterocycles. The SMILES string of the molecule is CCCCCCCCCCCCCC(=O)ON1C(=O)CC(S(=O)(=O)O)C1=O. The Kier molecular flexibility index (Phi) is 10.5. The van der Waals surface area contributed by atoms with Gasteiger partial charge >= 0.3 is 5.97 Å². The van der Waals surface area contributed by atoms with Crippen molar-refractivity contribution in [3.8, 4) is 0 Å². The fraction of sp³-hybridized carbons (Fsp3) is 0.833. The van der Waals surface area contributed by atoms with Gasteiger partial charge in [-0.05, 0) is 6.42 Å². The van der Waals surface area contributed by atoms with Crippen LogP contribution in [0.5, 0.6) is 0 Å². The number of carbonyl (C=O) groups excluding carboxylic acids is 3. The summed E-state index contributed by atoms with van der Waals surface area (Å²) in [6.07, 6.45) is 11.7. The number of hydroxylamine groups is 2. The number of hydrogen-bond donors (Lipinski definition) is 1. The van der Waals surface area contributed by atoms with E-state index in [0.717, 1.165) is 19.3 Å². The Morgan fingerprint density at radius 2 is 1.48 bits per heavy atom. The molecule has 2 amide bonds. The summed E-state index contributed by atoms with van der Waals surface area (Å²) in [4.78, 5) is 39.7. The molecule has 9 heteroatoms. The number of rotatable bonds is 14. The number of hydrogen-bond acceptors (Lipinski definition) is 6. The van der Waals surface area contributed by atoms with Crippen LogP contribution in [-0.2, 0) is 29.3 Å². The van der Waals surface area contributed by atoms with E-state index in [2.05, 4.69) is 11.8 Å². The summed E-state index contributed by atoms with van der Waals surface area (Å²) >= 11 is 0. The van der Waals surface area contributed by atoms with Crippen LogP contribution in [0, 0.1) is 0 Å². The molecule has 0 aliphatic carbocycles. The van der Waals surface area contributed by atoms with E-state index in [1.807, 2.05) is 0 Å². The number of unbranched alkanes of at least 4 members (excludes halogenated alkanes) is 10. The second-order valence-electron chi connectivity index (χ2n) is 6.98. The molecule has 0 saturated carbocycles. The minimum Gasteiger partial charge on any atom is -0.330 e. The van der Waals surface area contributed by atoms with Crippen LogP contribution in [0.15, 0.2) is 0 Å². The fourth-order valence-corrected chi connectivity index (χ4v) is 3.70. The third-order valence-electron chi connectivity index (χ3n) is 4.60. The summed E-state index contributed by atoms with van der Waals surface area (Å²) in [5.41, 5.74) is 0. The molecule has 0 aromatic carbocycles. The highest BCUT2D eigenvalue weighted by Crippen LogP contribution is 2.20. The van der Waals surface area contributed by atoms with Crippen molar-refractivity contribution < 1.29 is 32.2 Å². The molecule has 1 aliphatic heterocycles. The Bertz CT molecular complexity index is 603. The summed E-state index contributed by atoms with van der Waals surface area (Å²) in [5, 5.41) is -1.74. The number of imide groups is 1. The van der Waals surface area contributed by atoms with Crippen molar-refractivity contribution in [2.45, 2.75) is 95.6 Å². The van der Waals surface area contributed by atoms with Gasteiger partial charge in [0, 0.05) is 6.42 Å². The Morgan fingerprint density at radius 1 is 1.00 bits per heavy atom. The van der Waals surface area contributed by atoms with Gasteiger partial charge in [-0.25, -0.2) is 4.79 Å². The van der Waals surface area contributed by atoms with Gasteiger partial charge in [-0.1, -0.05) is 71.1 Å². The zero-order valence-corrected chi connectivity index (χ0v) is 16.8. The zero-order valence-electron chi connectivity index (χ0n) is 16.0. The molecule has 0 radical (unpaired) electrons. The van der Waals surface area contributed by atoms with Crippen LogP contribution >= 0.6 is 0 Å². The van der Waals surface area contributed by atoms with Gasteiger partial charge in [-0.2, -0.15) is 8.42 Å². The third kappa shape index (κ3) is 8.83. The van der Waals surface area contributed by atoms with E-state index in [1.165, 1.54) is 44.9 Å². The minimum atomic E-state index is -4.70. The van der Waals surface area contributed by atoms with Crippen molar-refractivity contribution in [3.05, 3.63) is 0 Å². The summed E-state index contributed by atoms with van der Waals surface area (Å²) in [5.74, 6) is -2.94. The van der Waals surface area contributed by atoms with Crippen molar-refractivity contribution in [1.82, 2.24) is 5.06 Å². The van der Waals surface area contributed by atoms with E-state index >= 15 is 0 Å². The molecule has 1 fully saturated rings. The predicted octanol–water partition coefficient (Wildman–Crippen LogP) is 3.16. The van der Waals surface area contributed by atoms with E-state index in [-0.39, 0.29) is 11.5 Å². The van der Waals surface area contributed by atoms with E-state index in [4.69, 9.17) is 4.55 Å². The molecule has 0 spiro atoms. The Balaban J connectivity index is 2.11. The van der Waals surface area contributed by atoms with Crippen LogP contribution in [0.3, 0.4) is 0 Å². The van der Waals surface area contributed by atoms with Gasteiger partial charge < -0.3 is 4.84 Å². The third-order valence-corrected chi connectivity index (χ3v) is 5.69. The molecular weight excluding hydrogens is 374 g/mol. The average molecular weight is 406 g/mol. The predicted molar refractivity (Wildman–Crippen MR) is 99.0 cm³/mol. The number of carbonyl (C=O) groups is 3. The van der Waals surface area contributed by atoms with E-state index < -0.39 is 39.6 Å². The molecule has 0 aromatic heterocycles. The van der Waals surface area contributed by atoms with Crippen LogP contribution in [0.2, 0.25) is 0 Å². The Labute approximate surface area is 161 Å². The lowest BCUT2D eigenvalue weighted by Crippen LogP contribution is -2.36. The first kappa shape index (κ1) is 23.6. The van der Waals surface area contributed by atoms with Gasteiger partial charge in [0.15, 0.2) is 5.25 Å². The maximum absolute atomic E-state index is 11.7. The largest absolute Gasteiger partial charge is 0.333 e. The molecule has 0 bridgehead atoms. The second kappa shape index (κ2) is 12.1. The molecule has 1 rings (SSSR count). The van der Waals surface area contributed by atoms with Crippen molar-refractivity contribution in [3.63, 3.8) is 0 Å². The normalized spacial score (nSPS) is 17.6. The van der Waals surface area contributed by atoms with Crippen molar-refractivity contribution in [2.24, 2.45) is 0 Å². The van der Waals surface area contributed by atoms with Gasteiger partial charge in [0.05, 0.1) is 6.42 Å². The van der Waals surface area contributed by atoms with Gasteiger partial charge in [0.25, 0.3) is 21.9 Å². The molecule has 1 aliphatic rings. The fourth-order valence-electron chi connectivity index (χ4n) is 2.99. The summed E-state index contributed by atoms with van der Waals surface area (Å²) in [6, 6.07) is 0. The van der Waals surface area contributed by atoms with E-state index in [0.29, 0.717) is 6.42 Å². The first-order valence-electron chi connectivity index (χ1n) is 9.81. The molecule has 8 nitrogen and oxygen atoms in total. The maximum Gasteiger partial charge on any atom is 0.333 e. The van der Waals surface area contributed by atoms with Crippen LogP contribution < -0.4 is 0 Å². The first-order valence-corrected chi connectivity index (χ1v) is 11.3. The summed E-state index contributed by atoms with van der Waals surface area (Å²) in [7, 11) is -4.70. The highest BCUT2D eigenvalue weighted by Gasteiger charge is 2.48. The Hall–Kier alpha value is -1.48. The highest BCUT2D eigenvalue weighted by molar-refractivity contribution is 7.87. The molecule has 1 unspecified atom stereocenters. The van der Waals surface area contributed by atoms with Crippen molar-refractivity contribution in [1.29, 1.82) is 0 Å². The van der Waals surface area contributed by atoms with Crippen LogP contribution in [0.25, 0.3) is 0 Å². The summed E-state index contributed by atoms with van der Waals surface area (Å²) < 4.78 is 30.9. The molecule has 0 aromatic rings. The van der Waals surface area contributed by atoms with Gasteiger partial charge in [0.1, 0.15) is 0 Å². The first-order chi connectivity index (χ1) is 12.8. The van der Waals surface area contributed by atoms with Gasteiger partial charge in [0.2, 0.25) is 0 Å². The number of nitrogens with zero attached hydrogens (tertiary/aromatic N) is 1. The standard InChI is InChI=1S/C18H31NO7S/c1-2-3-4-5-6-7-8-9-10-11-12-13-17(21)26-19-16(20)14-15(18(19)22)27(23,24)25/h15H,2-14H2,1H3,(H,23,24,25). The molecule has 1 saturated heterocycles. The topological polar surface area (TPSA) is 118 Å². The molecular formula is C18H31NO7S. The highest BCUT2D eigenvalue weighted by atomic mass is 32.2. The van der Waals surface area contributed by atoms with E-state index in [9.17, 15) is 22.8 Å². The summed E-state index contributed by atoms with van der Waals surface area (Å²) in [6.45, 7) is 2.20. The lowest BCUT2D eigenvalue weighted by molar-refractivity contribution is -0.197. The lowest BCUT2D eigenvalue weighted by atomic mass is 10.1. The smallest absolute Gasteiger partial charge is 0.330 e. The molecule has 156 valence electrons. The Morgan fingerprint density at radius 3 is 1.93 bits per heavy atom. The van der Waals surface area contributed by atoms with E-state index in [1.54, 1.807) is 0 Å². The average Bonchev–Trinajstić information content (AvgIpc) is 2.88. The monoisotopic (exact) mass is 405 g/mol. The molecule has 1 atom stereocenters. The van der Waals surface area contributed by atoms with Crippen molar-refractivity contribution >= 4 is 27.9 Å². The van der Waals surface area contributed by atoms with Crippen LogP contribution in [0.4, 0.5) is 0 Å². The molecule has 1 N–H and O–H groups in total. The molecule has 27 heavy (non-hydrogen) atoms. The number of amides is 2. The zero-order chi connectivity index (χ0) is 20.3. The quantitative estimate of drug-likeness (QED) is 0.268. The van der Waals surface area contributed by atoms with Gasteiger partial charge in [-0.3, -0.25) is 14.1 Å². The van der Waals surface area contributed by atoms with Crippen LogP contribution in [0.1, 0.15) is 90.4 Å². The lowest BCUT2D eigenvalue weighted by Gasteiger charge is -2.13. The maximum atomic E-state index is 11.7. The van der Waals surface area contributed by atoms with Crippen LogP contribution in [-0.4, -0.2) is 41.1 Å².